The molecule has 1 aliphatic rings. The number of aromatic nitrogens is 1. The van der Waals surface area contributed by atoms with Crippen LogP contribution in [-0.4, -0.2) is 29.2 Å². The molecule has 1 saturated heterocycles. The standard InChI is InChI=1S/C12H17N3O3/c1-8-5-12(13-6-11(8)15(16)17)14-9(2)10-3-4-18-7-10/h5-6,9-10H,3-4,7H2,1-2H3,(H,13,14). The number of nitro groups is 1. The molecule has 2 atom stereocenters. The molecule has 0 radical (unpaired) electrons. The van der Waals surface area contributed by atoms with Crippen molar-refractivity contribution in [2.24, 2.45) is 5.92 Å². The zero-order valence-corrected chi connectivity index (χ0v) is 10.5. The molecule has 1 aromatic rings. The summed E-state index contributed by atoms with van der Waals surface area (Å²) in [7, 11) is 0. The maximum Gasteiger partial charge on any atom is 0.290 e. The van der Waals surface area contributed by atoms with Crippen molar-refractivity contribution in [3.8, 4) is 0 Å². The molecule has 2 rings (SSSR count). The van der Waals surface area contributed by atoms with Crippen molar-refractivity contribution in [1.29, 1.82) is 0 Å². The third-order valence-corrected chi connectivity index (χ3v) is 3.33. The van der Waals surface area contributed by atoms with Crippen molar-refractivity contribution in [1.82, 2.24) is 4.98 Å². The molecule has 1 aliphatic heterocycles. The molecular formula is C12H17N3O3. The second kappa shape index (κ2) is 5.30. The Morgan fingerprint density at radius 3 is 3.00 bits per heavy atom. The number of aryl methyl sites for hydroxylation is 1. The molecule has 0 spiro atoms. The van der Waals surface area contributed by atoms with Gasteiger partial charge in [0.15, 0.2) is 0 Å². The van der Waals surface area contributed by atoms with Gasteiger partial charge in [-0.3, -0.25) is 10.1 Å². The monoisotopic (exact) mass is 251 g/mol. The lowest BCUT2D eigenvalue weighted by molar-refractivity contribution is -0.385. The van der Waals surface area contributed by atoms with Gasteiger partial charge in [0.25, 0.3) is 5.69 Å². The maximum atomic E-state index is 10.7. The second-order valence-corrected chi connectivity index (χ2v) is 4.67. The van der Waals surface area contributed by atoms with E-state index in [9.17, 15) is 10.1 Å². The van der Waals surface area contributed by atoms with Crippen molar-refractivity contribution in [2.75, 3.05) is 18.5 Å². The number of anilines is 1. The molecule has 0 amide bonds. The fourth-order valence-corrected chi connectivity index (χ4v) is 2.12. The van der Waals surface area contributed by atoms with E-state index in [4.69, 9.17) is 4.74 Å². The summed E-state index contributed by atoms with van der Waals surface area (Å²) < 4.78 is 5.34. The first-order valence-electron chi connectivity index (χ1n) is 6.03. The summed E-state index contributed by atoms with van der Waals surface area (Å²) in [4.78, 5) is 14.4. The van der Waals surface area contributed by atoms with Crippen LogP contribution in [-0.2, 0) is 4.74 Å². The van der Waals surface area contributed by atoms with Crippen molar-refractivity contribution in [3.05, 3.63) is 27.9 Å². The molecule has 1 fully saturated rings. The summed E-state index contributed by atoms with van der Waals surface area (Å²) in [5.41, 5.74) is 0.671. The van der Waals surface area contributed by atoms with Gasteiger partial charge in [-0.05, 0) is 26.3 Å². The van der Waals surface area contributed by atoms with E-state index in [0.717, 1.165) is 19.6 Å². The summed E-state index contributed by atoms with van der Waals surface area (Å²) in [5.74, 6) is 1.15. The first-order chi connectivity index (χ1) is 8.58. The van der Waals surface area contributed by atoms with E-state index in [0.29, 0.717) is 17.3 Å². The highest BCUT2D eigenvalue weighted by Crippen LogP contribution is 2.22. The minimum Gasteiger partial charge on any atom is -0.381 e. The van der Waals surface area contributed by atoms with Crippen LogP contribution in [0, 0.1) is 23.0 Å². The molecule has 6 nitrogen and oxygen atoms in total. The van der Waals surface area contributed by atoms with E-state index >= 15 is 0 Å². The molecule has 0 aromatic carbocycles. The summed E-state index contributed by atoms with van der Waals surface area (Å²) in [6.07, 6.45) is 2.34. The van der Waals surface area contributed by atoms with Crippen molar-refractivity contribution < 1.29 is 9.66 Å². The molecule has 0 bridgehead atoms. The molecule has 18 heavy (non-hydrogen) atoms. The Labute approximate surface area is 106 Å². The quantitative estimate of drug-likeness (QED) is 0.655. The Morgan fingerprint density at radius 2 is 2.44 bits per heavy atom. The fourth-order valence-electron chi connectivity index (χ4n) is 2.12. The minimum absolute atomic E-state index is 0.0532. The minimum atomic E-state index is -0.416. The highest BCUT2D eigenvalue weighted by molar-refractivity contribution is 5.47. The van der Waals surface area contributed by atoms with Gasteiger partial charge in [0.05, 0.1) is 11.5 Å². The maximum absolute atomic E-state index is 10.7. The van der Waals surface area contributed by atoms with E-state index in [-0.39, 0.29) is 11.7 Å². The normalized spacial score (nSPS) is 20.7. The molecule has 0 saturated carbocycles. The van der Waals surface area contributed by atoms with Crippen LogP contribution in [0.4, 0.5) is 11.5 Å². The van der Waals surface area contributed by atoms with Crippen LogP contribution < -0.4 is 5.32 Å². The van der Waals surface area contributed by atoms with E-state index < -0.39 is 4.92 Å². The van der Waals surface area contributed by atoms with Gasteiger partial charge >= 0.3 is 0 Å². The van der Waals surface area contributed by atoms with Gasteiger partial charge in [0, 0.05) is 24.1 Å². The molecule has 2 unspecified atom stereocenters. The topological polar surface area (TPSA) is 77.3 Å². The van der Waals surface area contributed by atoms with E-state index in [1.165, 1.54) is 6.20 Å². The summed E-state index contributed by atoms with van der Waals surface area (Å²) in [5, 5.41) is 14.0. The number of pyridine rings is 1. The van der Waals surface area contributed by atoms with Crippen LogP contribution in [0.1, 0.15) is 18.9 Å². The van der Waals surface area contributed by atoms with Crippen molar-refractivity contribution >= 4 is 11.5 Å². The van der Waals surface area contributed by atoms with Crippen LogP contribution in [0.2, 0.25) is 0 Å². The number of rotatable bonds is 4. The van der Waals surface area contributed by atoms with Gasteiger partial charge in [-0.1, -0.05) is 0 Å². The Morgan fingerprint density at radius 1 is 1.67 bits per heavy atom. The van der Waals surface area contributed by atoms with Crippen LogP contribution in [0.15, 0.2) is 12.3 Å². The summed E-state index contributed by atoms with van der Waals surface area (Å²) in [6, 6.07) is 1.96. The molecular weight excluding hydrogens is 234 g/mol. The highest BCUT2D eigenvalue weighted by atomic mass is 16.6. The molecule has 2 heterocycles. The highest BCUT2D eigenvalue weighted by Gasteiger charge is 2.22. The lowest BCUT2D eigenvalue weighted by Gasteiger charge is -2.19. The van der Waals surface area contributed by atoms with Gasteiger partial charge in [-0.25, -0.2) is 4.98 Å². The Bertz CT molecular complexity index is 444. The average Bonchev–Trinajstić information content (AvgIpc) is 2.81. The number of nitrogens with zero attached hydrogens (tertiary/aromatic N) is 2. The number of hydrogen-bond acceptors (Lipinski definition) is 5. The first-order valence-corrected chi connectivity index (χ1v) is 6.03. The van der Waals surface area contributed by atoms with Crippen molar-refractivity contribution in [2.45, 2.75) is 26.3 Å². The van der Waals surface area contributed by atoms with Crippen LogP contribution in [0.3, 0.4) is 0 Å². The lowest BCUT2D eigenvalue weighted by Crippen LogP contribution is -2.26. The number of ether oxygens (including phenoxy) is 1. The summed E-state index contributed by atoms with van der Waals surface area (Å²) >= 11 is 0. The number of nitrogens with one attached hydrogen (secondary N) is 1. The molecule has 1 aromatic heterocycles. The molecule has 1 N–H and O–H groups in total. The Balaban J connectivity index is 2.05. The van der Waals surface area contributed by atoms with Crippen LogP contribution >= 0.6 is 0 Å². The lowest BCUT2D eigenvalue weighted by atomic mass is 10.0. The van der Waals surface area contributed by atoms with E-state index in [1.54, 1.807) is 13.0 Å². The van der Waals surface area contributed by atoms with E-state index in [1.807, 2.05) is 0 Å². The van der Waals surface area contributed by atoms with Crippen LogP contribution in [0.5, 0.6) is 0 Å². The fraction of sp³-hybridized carbons (Fsp3) is 0.583. The second-order valence-electron chi connectivity index (χ2n) is 4.67. The van der Waals surface area contributed by atoms with Gasteiger partial charge < -0.3 is 10.1 Å². The SMILES string of the molecule is Cc1cc(NC(C)C2CCOC2)ncc1[N+](=O)[O-]. The molecule has 0 aliphatic carbocycles. The van der Waals surface area contributed by atoms with Gasteiger partial charge in [0.2, 0.25) is 0 Å². The predicted octanol–water partition coefficient (Wildman–Crippen LogP) is 2.14. The molecule has 6 heteroatoms. The van der Waals surface area contributed by atoms with Gasteiger partial charge in [-0.15, -0.1) is 0 Å². The molecule has 98 valence electrons. The van der Waals surface area contributed by atoms with Crippen LogP contribution in [0.25, 0.3) is 0 Å². The average molecular weight is 251 g/mol. The summed E-state index contributed by atoms with van der Waals surface area (Å²) in [6.45, 7) is 5.37. The zero-order chi connectivity index (χ0) is 13.1. The van der Waals surface area contributed by atoms with Gasteiger partial charge in [-0.2, -0.15) is 0 Å². The third-order valence-electron chi connectivity index (χ3n) is 3.33. The van der Waals surface area contributed by atoms with Crippen molar-refractivity contribution in [3.63, 3.8) is 0 Å². The Hall–Kier alpha value is -1.69. The third kappa shape index (κ3) is 2.76. The van der Waals surface area contributed by atoms with Gasteiger partial charge in [0.1, 0.15) is 12.0 Å². The number of hydrogen-bond donors (Lipinski definition) is 1. The smallest absolute Gasteiger partial charge is 0.290 e. The predicted molar refractivity (Wildman–Crippen MR) is 67.6 cm³/mol. The Kier molecular flexibility index (Phi) is 3.76. The van der Waals surface area contributed by atoms with E-state index in [2.05, 4.69) is 17.2 Å². The first kappa shape index (κ1) is 12.8. The zero-order valence-electron chi connectivity index (χ0n) is 10.5. The largest absolute Gasteiger partial charge is 0.381 e.